The molecule has 0 radical (unpaired) electrons. The fourth-order valence-corrected chi connectivity index (χ4v) is 4.09. The van der Waals surface area contributed by atoms with Gasteiger partial charge in [-0.15, -0.1) is 0 Å². The quantitative estimate of drug-likeness (QED) is 0.796. The van der Waals surface area contributed by atoms with E-state index in [0.29, 0.717) is 31.1 Å². The molecule has 25 heavy (non-hydrogen) atoms. The number of amides is 1. The van der Waals surface area contributed by atoms with Gasteiger partial charge in [-0.2, -0.15) is 0 Å². The summed E-state index contributed by atoms with van der Waals surface area (Å²) >= 11 is 0. The Bertz CT molecular complexity index is 617. The Morgan fingerprint density at radius 3 is 2.96 bits per heavy atom. The van der Waals surface area contributed by atoms with Gasteiger partial charge in [-0.05, 0) is 57.1 Å². The van der Waals surface area contributed by atoms with Gasteiger partial charge in [-0.25, -0.2) is 0 Å². The minimum Gasteiger partial charge on any atom is -0.372 e. The van der Waals surface area contributed by atoms with Crippen LogP contribution in [0, 0.1) is 12.8 Å². The normalized spacial score (nSPS) is 28.8. The number of carbonyl (C=O) groups excluding carboxylic acids is 1. The summed E-state index contributed by atoms with van der Waals surface area (Å²) in [4.78, 5) is 19.0. The lowest BCUT2D eigenvalue weighted by Crippen LogP contribution is -2.46. The lowest BCUT2D eigenvalue weighted by atomic mass is 9.99. The second kappa shape index (κ2) is 7.42. The topological polar surface area (TPSA) is 51.7 Å². The van der Waals surface area contributed by atoms with Gasteiger partial charge >= 0.3 is 0 Å². The largest absolute Gasteiger partial charge is 0.372 e. The molecule has 0 spiro atoms. The average molecular weight is 344 g/mol. The van der Waals surface area contributed by atoms with Crippen molar-refractivity contribution < 1.29 is 14.3 Å². The van der Waals surface area contributed by atoms with Crippen LogP contribution in [0.25, 0.3) is 0 Å². The molecule has 5 heteroatoms. The smallest absolute Gasteiger partial charge is 0.223 e. The van der Waals surface area contributed by atoms with Gasteiger partial charge in [0.05, 0.1) is 37.2 Å². The fourth-order valence-electron chi connectivity index (χ4n) is 4.09. The monoisotopic (exact) mass is 344 g/mol. The molecule has 0 bridgehead atoms. The van der Waals surface area contributed by atoms with E-state index in [9.17, 15) is 4.79 Å². The lowest BCUT2D eigenvalue weighted by molar-refractivity contribution is -0.139. The summed E-state index contributed by atoms with van der Waals surface area (Å²) in [5.74, 6) is 1.01. The van der Waals surface area contributed by atoms with Crippen molar-refractivity contribution in [1.82, 2.24) is 9.88 Å². The number of hydrogen-bond acceptors (Lipinski definition) is 4. The first-order valence-electron chi connectivity index (χ1n) is 9.64. The van der Waals surface area contributed by atoms with Crippen LogP contribution >= 0.6 is 0 Å². The third-order valence-electron chi connectivity index (χ3n) is 5.62. The Morgan fingerprint density at radius 2 is 2.16 bits per heavy atom. The van der Waals surface area contributed by atoms with Crippen molar-refractivity contribution in [3.63, 3.8) is 0 Å². The summed E-state index contributed by atoms with van der Waals surface area (Å²) in [6, 6.07) is 6.28. The summed E-state index contributed by atoms with van der Waals surface area (Å²) in [7, 11) is 0. The molecule has 0 N–H and O–H groups in total. The maximum Gasteiger partial charge on any atom is 0.223 e. The molecule has 2 saturated heterocycles. The third kappa shape index (κ3) is 4.21. The molecular weight excluding hydrogens is 316 g/mol. The predicted octanol–water partition coefficient (Wildman–Crippen LogP) is 2.86. The van der Waals surface area contributed by atoms with E-state index in [1.54, 1.807) is 0 Å². The molecule has 1 amide bonds. The van der Waals surface area contributed by atoms with Crippen LogP contribution in [0.4, 0.5) is 0 Å². The number of aryl methyl sites for hydroxylation is 1. The van der Waals surface area contributed by atoms with Gasteiger partial charge < -0.3 is 14.4 Å². The van der Waals surface area contributed by atoms with E-state index in [0.717, 1.165) is 43.6 Å². The Labute approximate surface area is 149 Å². The first-order chi connectivity index (χ1) is 12.2. The predicted molar refractivity (Wildman–Crippen MR) is 94.0 cm³/mol. The SMILES string of the molecule is Cc1cccc(COC[C@H]2CC[C@H]3[C@H](CCN3C(=O)CC3CC3)O2)n1. The Balaban J connectivity index is 1.22. The number of aromatic nitrogens is 1. The van der Waals surface area contributed by atoms with E-state index in [-0.39, 0.29) is 12.2 Å². The van der Waals surface area contributed by atoms with Crippen LogP contribution in [0.2, 0.25) is 0 Å². The van der Waals surface area contributed by atoms with Crippen LogP contribution in [0.15, 0.2) is 18.2 Å². The molecule has 3 aliphatic rings. The summed E-state index contributed by atoms with van der Waals surface area (Å²) in [5, 5.41) is 0. The number of nitrogens with zero attached hydrogens (tertiary/aromatic N) is 2. The number of likely N-dealkylation sites (tertiary alicyclic amines) is 1. The van der Waals surface area contributed by atoms with Crippen LogP contribution in [0.1, 0.15) is 49.9 Å². The second-order valence-electron chi connectivity index (χ2n) is 7.75. The van der Waals surface area contributed by atoms with E-state index >= 15 is 0 Å². The second-order valence-corrected chi connectivity index (χ2v) is 7.75. The van der Waals surface area contributed by atoms with Crippen LogP contribution < -0.4 is 0 Å². The lowest BCUT2D eigenvalue weighted by Gasteiger charge is -2.36. The zero-order valence-corrected chi connectivity index (χ0v) is 15.0. The van der Waals surface area contributed by atoms with Crippen molar-refractivity contribution in [3.8, 4) is 0 Å². The highest BCUT2D eigenvalue weighted by molar-refractivity contribution is 5.77. The summed E-state index contributed by atoms with van der Waals surface area (Å²) in [6.07, 6.45) is 6.54. The molecule has 1 saturated carbocycles. The molecule has 2 aliphatic heterocycles. The molecule has 4 rings (SSSR count). The van der Waals surface area contributed by atoms with Crippen molar-refractivity contribution in [2.75, 3.05) is 13.2 Å². The molecule has 3 fully saturated rings. The van der Waals surface area contributed by atoms with Crippen molar-refractivity contribution in [3.05, 3.63) is 29.6 Å². The highest BCUT2D eigenvalue weighted by Crippen LogP contribution is 2.36. The Kier molecular flexibility index (Phi) is 5.04. The molecular formula is C20H28N2O3. The zero-order chi connectivity index (χ0) is 17.2. The molecule has 3 heterocycles. The van der Waals surface area contributed by atoms with E-state index < -0.39 is 0 Å². The highest BCUT2D eigenvalue weighted by atomic mass is 16.5. The van der Waals surface area contributed by atoms with Gasteiger partial charge in [0.1, 0.15) is 0 Å². The number of rotatable bonds is 6. The van der Waals surface area contributed by atoms with E-state index in [1.807, 2.05) is 25.1 Å². The van der Waals surface area contributed by atoms with Crippen LogP contribution in [-0.4, -0.2) is 47.2 Å². The van der Waals surface area contributed by atoms with E-state index in [1.165, 1.54) is 12.8 Å². The van der Waals surface area contributed by atoms with Gasteiger partial charge in [0.15, 0.2) is 0 Å². The first kappa shape index (κ1) is 17.0. The Hall–Kier alpha value is -1.46. The van der Waals surface area contributed by atoms with Crippen molar-refractivity contribution in [2.24, 2.45) is 5.92 Å². The van der Waals surface area contributed by atoms with Crippen molar-refractivity contribution in [1.29, 1.82) is 0 Å². The fraction of sp³-hybridized carbons (Fsp3) is 0.700. The molecule has 136 valence electrons. The molecule has 0 unspecified atom stereocenters. The standard InChI is InChI=1S/C20H28N2O3/c1-14-3-2-4-16(21-14)12-24-13-17-7-8-18-19(25-17)9-10-22(18)20(23)11-15-5-6-15/h2-4,15,17-19H,5-13H2,1H3/t17-,18+,19+/m1/s1. The maximum absolute atomic E-state index is 12.4. The number of hydrogen-bond donors (Lipinski definition) is 0. The van der Waals surface area contributed by atoms with Gasteiger partial charge in [-0.3, -0.25) is 9.78 Å². The number of pyridine rings is 1. The maximum atomic E-state index is 12.4. The van der Waals surface area contributed by atoms with Crippen LogP contribution in [0.5, 0.6) is 0 Å². The number of fused-ring (bicyclic) bond motifs is 1. The van der Waals surface area contributed by atoms with Crippen LogP contribution in [0.3, 0.4) is 0 Å². The minimum absolute atomic E-state index is 0.143. The number of carbonyl (C=O) groups is 1. The van der Waals surface area contributed by atoms with E-state index in [4.69, 9.17) is 9.47 Å². The van der Waals surface area contributed by atoms with Crippen LogP contribution in [-0.2, 0) is 20.9 Å². The molecule has 1 aromatic heterocycles. The molecule has 3 atom stereocenters. The Morgan fingerprint density at radius 1 is 1.28 bits per heavy atom. The number of ether oxygens (including phenoxy) is 2. The summed E-state index contributed by atoms with van der Waals surface area (Å²) < 4.78 is 12.1. The summed E-state index contributed by atoms with van der Waals surface area (Å²) in [6.45, 7) is 3.99. The molecule has 5 nitrogen and oxygen atoms in total. The van der Waals surface area contributed by atoms with E-state index in [2.05, 4.69) is 9.88 Å². The highest BCUT2D eigenvalue weighted by Gasteiger charge is 2.42. The summed E-state index contributed by atoms with van der Waals surface area (Å²) in [5.41, 5.74) is 1.98. The molecule has 1 aliphatic carbocycles. The molecule has 1 aromatic rings. The molecule has 0 aromatic carbocycles. The third-order valence-corrected chi connectivity index (χ3v) is 5.62. The van der Waals surface area contributed by atoms with Crippen molar-refractivity contribution in [2.45, 2.75) is 70.3 Å². The zero-order valence-electron chi connectivity index (χ0n) is 15.0. The van der Waals surface area contributed by atoms with Gasteiger partial charge in [-0.1, -0.05) is 6.07 Å². The van der Waals surface area contributed by atoms with Crippen molar-refractivity contribution >= 4 is 5.91 Å². The average Bonchev–Trinajstić information content (AvgIpc) is 3.31. The minimum atomic E-state index is 0.143. The first-order valence-corrected chi connectivity index (χ1v) is 9.64. The van der Waals surface area contributed by atoms with Gasteiger partial charge in [0.25, 0.3) is 0 Å². The van der Waals surface area contributed by atoms with Gasteiger partial charge in [0, 0.05) is 18.7 Å². The van der Waals surface area contributed by atoms with Gasteiger partial charge in [0.2, 0.25) is 5.91 Å².